The third-order valence-electron chi connectivity index (χ3n) is 8.52. The van der Waals surface area contributed by atoms with Crippen molar-refractivity contribution in [3.8, 4) is 11.4 Å². The molecule has 1 aliphatic carbocycles. The van der Waals surface area contributed by atoms with Crippen LogP contribution in [0.2, 0.25) is 5.02 Å². The number of halogens is 1. The quantitative estimate of drug-likeness (QED) is 0.323. The van der Waals surface area contributed by atoms with Crippen molar-refractivity contribution in [2.45, 2.75) is 38.3 Å². The van der Waals surface area contributed by atoms with Gasteiger partial charge in [0.2, 0.25) is 0 Å². The van der Waals surface area contributed by atoms with Crippen LogP contribution >= 0.6 is 11.6 Å². The third kappa shape index (κ3) is 5.77. The number of rotatable bonds is 8. The molecule has 2 aliphatic heterocycles. The molecule has 0 amide bonds. The van der Waals surface area contributed by atoms with Gasteiger partial charge in [0.1, 0.15) is 17.7 Å². The highest BCUT2D eigenvalue weighted by atomic mass is 35.5. The van der Waals surface area contributed by atoms with Gasteiger partial charge in [-0.15, -0.1) is 0 Å². The molecule has 9 nitrogen and oxygen atoms in total. The van der Waals surface area contributed by atoms with E-state index >= 15 is 0 Å². The molecule has 3 aliphatic rings. The Hall–Kier alpha value is -3.27. The fraction of sp³-hybridized carbons (Fsp3) is 0.467. The van der Waals surface area contributed by atoms with Crippen LogP contribution in [-0.4, -0.2) is 86.6 Å². The molecule has 40 heavy (non-hydrogen) atoms. The summed E-state index contributed by atoms with van der Waals surface area (Å²) in [7, 11) is 0. The van der Waals surface area contributed by atoms with Crippen molar-refractivity contribution in [1.82, 2.24) is 34.7 Å². The summed E-state index contributed by atoms with van der Waals surface area (Å²) >= 11 is 6.64. The highest BCUT2D eigenvalue weighted by Gasteiger charge is 2.28. The van der Waals surface area contributed by atoms with Gasteiger partial charge in [0.15, 0.2) is 5.65 Å². The average Bonchev–Trinajstić information content (AvgIpc) is 3.71. The van der Waals surface area contributed by atoms with Crippen molar-refractivity contribution >= 4 is 34.1 Å². The number of aromatic amines is 1. The van der Waals surface area contributed by atoms with Gasteiger partial charge in [-0.3, -0.25) is 4.90 Å². The van der Waals surface area contributed by atoms with Crippen molar-refractivity contribution < 1.29 is 0 Å². The lowest BCUT2D eigenvalue weighted by molar-refractivity contribution is 0.211. The molecule has 0 unspecified atom stereocenters. The smallest absolute Gasteiger partial charge is 0.159 e. The molecule has 0 radical (unpaired) electrons. The van der Waals surface area contributed by atoms with Crippen LogP contribution in [-0.2, 0) is 6.54 Å². The number of nitrogens with zero attached hydrogens (tertiary/aromatic N) is 7. The number of hydrogen-bond donors (Lipinski definition) is 2. The van der Waals surface area contributed by atoms with E-state index in [1.54, 1.807) is 12.5 Å². The third-order valence-corrected chi connectivity index (χ3v) is 8.80. The second kappa shape index (κ2) is 11.3. The van der Waals surface area contributed by atoms with Gasteiger partial charge in [0, 0.05) is 87.6 Å². The fourth-order valence-electron chi connectivity index (χ4n) is 6.00. The van der Waals surface area contributed by atoms with Crippen LogP contribution in [0.5, 0.6) is 0 Å². The van der Waals surface area contributed by atoms with E-state index in [1.165, 1.54) is 25.1 Å². The Morgan fingerprint density at radius 1 is 0.875 bits per heavy atom. The number of imidazole rings is 1. The zero-order valence-electron chi connectivity index (χ0n) is 22.8. The van der Waals surface area contributed by atoms with E-state index in [1.807, 2.05) is 12.4 Å². The number of benzene rings is 1. The minimum atomic E-state index is 0.402. The normalized spacial score (nSPS) is 19.4. The highest BCUT2D eigenvalue weighted by Crippen LogP contribution is 2.34. The minimum Gasteiger partial charge on any atom is -0.379 e. The van der Waals surface area contributed by atoms with Crippen LogP contribution in [0.3, 0.4) is 0 Å². The first-order chi connectivity index (χ1) is 19.7. The van der Waals surface area contributed by atoms with Gasteiger partial charge in [-0.1, -0.05) is 11.6 Å². The molecule has 3 aromatic heterocycles. The number of piperidine rings is 1. The number of H-pyrrole nitrogens is 1. The molecule has 208 valence electrons. The predicted molar refractivity (Wildman–Crippen MR) is 160 cm³/mol. The van der Waals surface area contributed by atoms with Gasteiger partial charge in [-0.05, 0) is 55.9 Å². The van der Waals surface area contributed by atoms with Gasteiger partial charge in [0.25, 0.3) is 0 Å². The molecule has 7 rings (SSSR count). The average molecular weight is 558 g/mol. The number of hydrogen-bond acceptors (Lipinski definition) is 8. The van der Waals surface area contributed by atoms with E-state index in [0.717, 1.165) is 98.4 Å². The van der Waals surface area contributed by atoms with E-state index in [4.69, 9.17) is 16.6 Å². The summed E-state index contributed by atoms with van der Waals surface area (Å²) in [5.74, 6) is 1.76. The van der Waals surface area contributed by atoms with Crippen molar-refractivity contribution in [3.63, 3.8) is 0 Å². The number of aromatic nitrogens is 5. The summed E-state index contributed by atoms with van der Waals surface area (Å²) < 4.78 is 0. The van der Waals surface area contributed by atoms with Crippen molar-refractivity contribution in [3.05, 3.63) is 59.8 Å². The van der Waals surface area contributed by atoms with E-state index < -0.39 is 0 Å². The van der Waals surface area contributed by atoms with Gasteiger partial charge < -0.3 is 20.1 Å². The topological polar surface area (TPSA) is 89.1 Å². The van der Waals surface area contributed by atoms with Crippen LogP contribution in [0, 0.1) is 5.92 Å². The monoisotopic (exact) mass is 557 g/mol. The molecule has 10 heteroatoms. The van der Waals surface area contributed by atoms with Crippen molar-refractivity contribution in [1.29, 1.82) is 0 Å². The summed E-state index contributed by atoms with van der Waals surface area (Å²) in [5.41, 5.74) is 5.91. The largest absolute Gasteiger partial charge is 0.379 e. The molecule has 2 saturated heterocycles. The Labute approximate surface area is 240 Å². The summed E-state index contributed by atoms with van der Waals surface area (Å²) in [5, 5.41) is 4.34. The van der Waals surface area contributed by atoms with Crippen LogP contribution in [0.1, 0.15) is 31.2 Å². The van der Waals surface area contributed by atoms with Crippen LogP contribution in [0.15, 0.2) is 49.2 Å². The molecule has 4 aromatic rings. The summed E-state index contributed by atoms with van der Waals surface area (Å²) in [4.78, 5) is 28.7. The van der Waals surface area contributed by atoms with Crippen LogP contribution in [0.25, 0.3) is 22.6 Å². The van der Waals surface area contributed by atoms with Crippen LogP contribution in [0.4, 0.5) is 11.4 Å². The molecule has 0 atom stereocenters. The number of likely N-dealkylation sites (tertiary alicyclic amines) is 1. The van der Waals surface area contributed by atoms with Gasteiger partial charge in [0.05, 0.1) is 16.9 Å². The fourth-order valence-corrected chi connectivity index (χ4v) is 6.19. The van der Waals surface area contributed by atoms with E-state index in [2.05, 4.69) is 64.2 Å². The van der Waals surface area contributed by atoms with E-state index in [9.17, 15) is 0 Å². The zero-order valence-corrected chi connectivity index (χ0v) is 23.5. The second-order valence-corrected chi connectivity index (χ2v) is 11.9. The van der Waals surface area contributed by atoms with E-state index in [0.29, 0.717) is 11.1 Å². The Morgan fingerprint density at radius 3 is 2.35 bits per heavy atom. The molecule has 5 heterocycles. The maximum atomic E-state index is 6.64. The lowest BCUT2D eigenvalue weighted by Gasteiger charge is -2.36. The minimum absolute atomic E-state index is 0.402. The SMILES string of the molecule is Clc1cnc2[nH]c(-c3ccc(N4CCN(Cc5cncnc5)CC4)cc3)nc2c1NC1CCN(CC2CC2)CC1. The Bertz CT molecular complexity index is 1420. The zero-order chi connectivity index (χ0) is 26.9. The molecular formula is C30H36ClN9. The maximum absolute atomic E-state index is 6.64. The Kier molecular flexibility index (Phi) is 7.26. The molecule has 3 fully saturated rings. The highest BCUT2D eigenvalue weighted by molar-refractivity contribution is 6.34. The van der Waals surface area contributed by atoms with Crippen molar-refractivity contribution in [2.24, 2.45) is 5.92 Å². The Morgan fingerprint density at radius 2 is 1.62 bits per heavy atom. The molecule has 2 N–H and O–H groups in total. The Balaban J connectivity index is 0.999. The van der Waals surface area contributed by atoms with Gasteiger partial charge in [-0.2, -0.15) is 0 Å². The summed E-state index contributed by atoms with van der Waals surface area (Å²) in [6.45, 7) is 8.49. The number of piperazine rings is 1. The predicted octanol–water partition coefficient (Wildman–Crippen LogP) is 4.68. The van der Waals surface area contributed by atoms with Crippen LogP contribution < -0.4 is 10.2 Å². The number of fused-ring (bicyclic) bond motifs is 1. The van der Waals surface area contributed by atoms with Crippen molar-refractivity contribution in [2.75, 3.05) is 56.0 Å². The molecule has 1 aromatic carbocycles. The molecule has 0 spiro atoms. The van der Waals surface area contributed by atoms with E-state index in [-0.39, 0.29) is 0 Å². The number of nitrogens with one attached hydrogen (secondary N) is 2. The lowest BCUT2D eigenvalue weighted by atomic mass is 10.0. The number of pyridine rings is 1. The first-order valence-electron chi connectivity index (χ1n) is 14.5. The summed E-state index contributed by atoms with van der Waals surface area (Å²) in [6.07, 6.45) is 12.2. The second-order valence-electron chi connectivity index (χ2n) is 11.5. The molecular weight excluding hydrogens is 522 g/mol. The lowest BCUT2D eigenvalue weighted by Crippen LogP contribution is -2.45. The first-order valence-corrected chi connectivity index (χ1v) is 14.9. The maximum Gasteiger partial charge on any atom is 0.159 e. The standard InChI is InChI=1S/C30H36ClN9/c31-26-17-34-30-28(27(26)35-24-7-9-38(10-8-24)18-21-1-2-21)36-29(37-30)23-3-5-25(6-4-23)40-13-11-39(12-14-40)19-22-15-32-20-33-16-22/h3-6,15-17,20-21,24H,1-2,7-14,18-19H2,(H2,34,35,36,37). The number of anilines is 2. The van der Waals surface area contributed by atoms with Gasteiger partial charge in [-0.25, -0.2) is 19.9 Å². The molecule has 0 bridgehead atoms. The summed E-state index contributed by atoms with van der Waals surface area (Å²) in [6, 6.07) is 9.08. The molecule has 1 saturated carbocycles. The van der Waals surface area contributed by atoms with Gasteiger partial charge >= 0.3 is 0 Å². The first kappa shape index (κ1) is 25.7.